The van der Waals surface area contributed by atoms with Gasteiger partial charge in [-0.2, -0.15) is 4.31 Å². The first-order valence-corrected chi connectivity index (χ1v) is 14.9. The van der Waals surface area contributed by atoms with Gasteiger partial charge in [0.2, 0.25) is 26.0 Å². The van der Waals surface area contributed by atoms with Gasteiger partial charge in [-0.3, -0.25) is 19.2 Å². The van der Waals surface area contributed by atoms with E-state index in [4.69, 9.17) is 9.47 Å². The predicted molar refractivity (Wildman–Crippen MR) is 139 cm³/mol. The number of hydrogen-bond donors (Lipinski definition) is 1. The number of ether oxygens (including phenoxy) is 2. The summed E-state index contributed by atoms with van der Waals surface area (Å²) in [6.45, 7) is 4.29. The third-order valence-electron chi connectivity index (χ3n) is 5.83. The maximum Gasteiger partial charge on any atom is 0.271 e. The molecule has 2 aromatic carbocycles. The Morgan fingerprint density at radius 2 is 1.79 bits per heavy atom. The minimum absolute atomic E-state index is 0.0303. The van der Waals surface area contributed by atoms with E-state index in [1.54, 1.807) is 6.92 Å². The summed E-state index contributed by atoms with van der Waals surface area (Å²) < 4.78 is 63.4. The van der Waals surface area contributed by atoms with Crippen LogP contribution in [0.3, 0.4) is 0 Å². The lowest BCUT2D eigenvalue weighted by Crippen LogP contribution is -2.48. The number of aryl methyl sites for hydroxylation is 1. The van der Waals surface area contributed by atoms with Gasteiger partial charge in [-0.15, -0.1) is 0 Å². The summed E-state index contributed by atoms with van der Waals surface area (Å²) in [7, 11) is -7.59. The zero-order valence-corrected chi connectivity index (χ0v) is 22.8. The van der Waals surface area contributed by atoms with Gasteiger partial charge in [0.1, 0.15) is 18.4 Å². The maximum absolute atomic E-state index is 12.8. The molecule has 1 atom stereocenters. The minimum Gasteiger partial charge on any atom is -0.492 e. The highest BCUT2D eigenvalue weighted by molar-refractivity contribution is 7.92. The molecule has 1 unspecified atom stereocenters. The summed E-state index contributed by atoms with van der Waals surface area (Å²) in [5.74, 6) is -0.241. The van der Waals surface area contributed by atoms with Gasteiger partial charge in [0.15, 0.2) is 0 Å². The van der Waals surface area contributed by atoms with Crippen molar-refractivity contribution in [3.63, 3.8) is 0 Å². The first kappa shape index (κ1) is 29.3. The Bertz CT molecular complexity index is 1370. The molecule has 2 aromatic rings. The molecule has 0 aliphatic carbocycles. The van der Waals surface area contributed by atoms with Crippen LogP contribution in [0, 0.1) is 17.0 Å². The van der Waals surface area contributed by atoms with Gasteiger partial charge in [0.05, 0.1) is 41.5 Å². The van der Waals surface area contributed by atoms with Gasteiger partial charge >= 0.3 is 0 Å². The number of rotatable bonds is 11. The zero-order valence-electron chi connectivity index (χ0n) is 21.2. The standard InChI is InChI=1S/C23H30N4O9S2/c1-17-4-5-19(27(29)30)16-22(17)26(37(3,31)32)18(2)23(28)24-10-13-36-20-6-8-21(9-7-20)38(33,34)25-11-14-35-15-12-25/h4-9,16,18H,10-15H2,1-3H3,(H,24,28). The molecule has 1 N–H and O–H groups in total. The number of nitro groups is 1. The number of nitro benzene ring substituents is 1. The van der Waals surface area contributed by atoms with E-state index in [-0.39, 0.29) is 42.5 Å². The molecule has 1 amide bonds. The number of non-ortho nitro benzene ring substituents is 1. The molecule has 15 heteroatoms. The molecule has 0 saturated carbocycles. The van der Waals surface area contributed by atoms with Crippen molar-refractivity contribution in [2.24, 2.45) is 0 Å². The summed E-state index contributed by atoms with van der Waals surface area (Å²) in [5, 5.41) is 13.8. The highest BCUT2D eigenvalue weighted by Gasteiger charge is 2.31. The molecule has 13 nitrogen and oxygen atoms in total. The second-order valence-electron chi connectivity index (χ2n) is 8.59. The molecule has 1 heterocycles. The van der Waals surface area contributed by atoms with E-state index >= 15 is 0 Å². The fourth-order valence-electron chi connectivity index (χ4n) is 3.86. The maximum atomic E-state index is 12.8. The van der Waals surface area contributed by atoms with Crippen molar-refractivity contribution in [1.29, 1.82) is 0 Å². The average molecular weight is 571 g/mol. The van der Waals surface area contributed by atoms with Crippen molar-refractivity contribution in [2.45, 2.75) is 24.8 Å². The van der Waals surface area contributed by atoms with Crippen LogP contribution in [0.1, 0.15) is 12.5 Å². The Kier molecular flexibility index (Phi) is 9.30. The van der Waals surface area contributed by atoms with Gasteiger partial charge in [0.25, 0.3) is 5.69 Å². The van der Waals surface area contributed by atoms with Crippen LogP contribution in [0.5, 0.6) is 5.75 Å². The van der Waals surface area contributed by atoms with E-state index in [0.717, 1.165) is 16.6 Å². The van der Waals surface area contributed by atoms with E-state index in [1.807, 2.05) is 0 Å². The molecule has 1 fully saturated rings. The normalized spacial score (nSPS) is 15.4. The summed E-state index contributed by atoms with van der Waals surface area (Å²) >= 11 is 0. The van der Waals surface area contributed by atoms with E-state index in [9.17, 15) is 31.7 Å². The molecule has 38 heavy (non-hydrogen) atoms. The lowest BCUT2D eigenvalue weighted by Gasteiger charge is -2.29. The molecular weight excluding hydrogens is 540 g/mol. The van der Waals surface area contributed by atoms with Gasteiger partial charge in [-0.1, -0.05) is 6.07 Å². The lowest BCUT2D eigenvalue weighted by molar-refractivity contribution is -0.384. The smallest absolute Gasteiger partial charge is 0.271 e. The Labute approximate surface area is 221 Å². The second-order valence-corrected chi connectivity index (χ2v) is 12.4. The Morgan fingerprint density at radius 1 is 1.16 bits per heavy atom. The van der Waals surface area contributed by atoms with Crippen LogP contribution in [-0.2, 0) is 29.6 Å². The highest BCUT2D eigenvalue weighted by atomic mass is 32.2. The number of benzene rings is 2. The average Bonchev–Trinajstić information content (AvgIpc) is 2.87. The number of carbonyl (C=O) groups is 1. The first-order valence-electron chi connectivity index (χ1n) is 11.7. The summed E-state index contributed by atoms with van der Waals surface area (Å²) in [6, 6.07) is 8.48. The van der Waals surface area contributed by atoms with Gasteiger partial charge in [-0.25, -0.2) is 16.8 Å². The van der Waals surface area contributed by atoms with Gasteiger partial charge in [0, 0.05) is 25.2 Å². The zero-order chi connectivity index (χ0) is 28.1. The van der Waals surface area contributed by atoms with Crippen LogP contribution < -0.4 is 14.4 Å². The third kappa shape index (κ3) is 6.98. The monoisotopic (exact) mass is 570 g/mol. The number of nitrogens with one attached hydrogen (secondary N) is 1. The minimum atomic E-state index is -3.97. The Morgan fingerprint density at radius 3 is 2.37 bits per heavy atom. The number of hydrogen-bond acceptors (Lipinski definition) is 9. The molecule has 3 rings (SSSR count). The van der Waals surface area contributed by atoms with E-state index < -0.39 is 36.9 Å². The number of sulfonamides is 2. The highest BCUT2D eigenvalue weighted by Crippen LogP contribution is 2.29. The van der Waals surface area contributed by atoms with Crippen molar-refractivity contribution in [3.05, 3.63) is 58.1 Å². The molecular formula is C23H30N4O9S2. The van der Waals surface area contributed by atoms with Crippen molar-refractivity contribution in [3.8, 4) is 5.75 Å². The van der Waals surface area contributed by atoms with Crippen LogP contribution in [0.25, 0.3) is 0 Å². The summed E-state index contributed by atoms with van der Waals surface area (Å²) in [4.78, 5) is 23.4. The molecule has 1 aliphatic heterocycles. The number of amides is 1. The van der Waals surface area contributed by atoms with Gasteiger partial charge < -0.3 is 14.8 Å². The second kappa shape index (κ2) is 12.1. The largest absolute Gasteiger partial charge is 0.492 e. The van der Waals surface area contributed by atoms with Crippen LogP contribution >= 0.6 is 0 Å². The van der Waals surface area contributed by atoms with E-state index in [1.165, 1.54) is 47.6 Å². The van der Waals surface area contributed by atoms with Crippen molar-refractivity contribution in [1.82, 2.24) is 9.62 Å². The number of morpholine rings is 1. The Balaban J connectivity index is 1.60. The molecule has 208 valence electrons. The Hall–Kier alpha value is -3.27. The van der Waals surface area contributed by atoms with Crippen LogP contribution in [-0.4, -0.2) is 83.7 Å². The summed E-state index contributed by atoms with van der Waals surface area (Å²) in [5.41, 5.74) is 0.180. The molecule has 1 saturated heterocycles. The van der Waals surface area contributed by atoms with Gasteiger partial charge in [-0.05, 0) is 43.7 Å². The molecule has 0 radical (unpaired) electrons. The molecule has 0 bridgehead atoms. The SMILES string of the molecule is Cc1ccc([N+](=O)[O-])cc1N(C(C)C(=O)NCCOc1ccc(S(=O)(=O)N2CCOCC2)cc1)S(C)(=O)=O. The lowest BCUT2D eigenvalue weighted by atomic mass is 10.1. The van der Waals surface area contributed by atoms with E-state index in [2.05, 4.69) is 5.32 Å². The van der Waals surface area contributed by atoms with Crippen LogP contribution in [0.2, 0.25) is 0 Å². The fourth-order valence-corrected chi connectivity index (χ4v) is 6.50. The van der Waals surface area contributed by atoms with Crippen molar-refractivity contribution < 1.29 is 36.0 Å². The van der Waals surface area contributed by atoms with E-state index in [0.29, 0.717) is 24.5 Å². The number of carbonyl (C=O) groups excluding carboxylic acids is 1. The summed E-state index contributed by atoms with van der Waals surface area (Å²) in [6.07, 6.45) is 0.918. The topological polar surface area (TPSA) is 165 Å². The van der Waals surface area contributed by atoms with Crippen LogP contribution in [0.4, 0.5) is 11.4 Å². The first-order chi connectivity index (χ1) is 17.8. The molecule has 0 spiro atoms. The predicted octanol–water partition coefficient (Wildman–Crippen LogP) is 1.27. The third-order valence-corrected chi connectivity index (χ3v) is 8.97. The molecule has 0 aromatic heterocycles. The molecule has 1 aliphatic rings. The van der Waals surface area contributed by atoms with Crippen molar-refractivity contribution >= 4 is 37.3 Å². The van der Waals surface area contributed by atoms with Crippen molar-refractivity contribution in [2.75, 3.05) is 50.0 Å². The quantitative estimate of drug-likeness (QED) is 0.238. The number of anilines is 1. The fraction of sp³-hybridized carbons (Fsp3) is 0.435. The van der Waals surface area contributed by atoms with Crippen LogP contribution in [0.15, 0.2) is 47.4 Å². The number of nitrogens with zero attached hydrogens (tertiary/aromatic N) is 3.